The van der Waals surface area contributed by atoms with Crippen molar-refractivity contribution in [2.75, 3.05) is 42.9 Å². The number of nitrogens with one attached hydrogen (secondary N) is 1. The monoisotopic (exact) mass is 678 g/mol. The van der Waals surface area contributed by atoms with Gasteiger partial charge in [0, 0.05) is 72.1 Å². The fourth-order valence-corrected chi connectivity index (χ4v) is 8.22. The Labute approximate surface area is 278 Å². The van der Waals surface area contributed by atoms with E-state index in [1.54, 1.807) is 16.1 Å². The summed E-state index contributed by atoms with van der Waals surface area (Å²) in [5.74, 6) is -0.559. The molecular weight excluding hydrogens is 644 g/mol. The molecule has 0 bridgehead atoms. The highest BCUT2D eigenvalue weighted by molar-refractivity contribution is 7.13. The van der Waals surface area contributed by atoms with Crippen LogP contribution in [-0.4, -0.2) is 79.7 Å². The van der Waals surface area contributed by atoms with Crippen LogP contribution in [0.4, 0.5) is 28.4 Å². The second-order valence-electron chi connectivity index (χ2n) is 13.1. The minimum atomic E-state index is -2.82. The Morgan fingerprint density at radius 2 is 1.96 bits per heavy atom. The lowest BCUT2D eigenvalue weighted by molar-refractivity contribution is -0.118. The minimum absolute atomic E-state index is 0.0420. The fraction of sp³-hybridized carbons (Fsp3) is 0.412. The zero-order chi connectivity index (χ0) is 33.3. The number of carbonyl (C=O) groups is 1. The predicted molar refractivity (Wildman–Crippen MR) is 176 cm³/mol. The Hall–Kier alpha value is -4.30. The van der Waals surface area contributed by atoms with E-state index < -0.39 is 30.2 Å². The Morgan fingerprint density at radius 3 is 2.67 bits per heavy atom. The van der Waals surface area contributed by atoms with Crippen molar-refractivity contribution in [3.05, 3.63) is 76.9 Å². The number of anilines is 2. The van der Waals surface area contributed by atoms with Gasteiger partial charge in [0.05, 0.1) is 30.6 Å². The molecule has 2 saturated heterocycles. The molecule has 1 unspecified atom stereocenters. The molecule has 0 aliphatic carbocycles. The highest BCUT2D eigenvalue weighted by Crippen LogP contribution is 2.42. The molecule has 9 nitrogen and oxygen atoms in total. The third-order valence-corrected chi connectivity index (χ3v) is 10.8. The van der Waals surface area contributed by atoms with E-state index >= 15 is 4.39 Å². The highest BCUT2D eigenvalue weighted by atomic mass is 32.1. The van der Waals surface area contributed by atoms with Gasteiger partial charge in [0.2, 0.25) is 0 Å². The molecule has 5 aromatic rings. The normalized spacial score (nSPS) is 22.9. The summed E-state index contributed by atoms with van der Waals surface area (Å²) in [6.07, 6.45) is 0.656. The second-order valence-corrected chi connectivity index (χ2v) is 14.0. The van der Waals surface area contributed by atoms with Gasteiger partial charge in [-0.15, -0.1) is 11.3 Å². The van der Waals surface area contributed by atoms with Crippen LogP contribution in [0.15, 0.2) is 54.4 Å². The lowest BCUT2D eigenvalue weighted by Gasteiger charge is -2.24. The first-order valence-electron chi connectivity index (χ1n) is 16.1. The lowest BCUT2D eigenvalue weighted by atomic mass is 9.95. The van der Waals surface area contributed by atoms with E-state index in [1.165, 1.54) is 34.6 Å². The van der Waals surface area contributed by atoms with Gasteiger partial charge in [0.15, 0.2) is 11.2 Å². The number of hydrogen-bond acceptors (Lipinski definition) is 7. The van der Waals surface area contributed by atoms with Crippen LogP contribution < -0.4 is 10.2 Å². The van der Waals surface area contributed by atoms with E-state index in [0.717, 1.165) is 24.3 Å². The van der Waals surface area contributed by atoms with Gasteiger partial charge in [-0.25, -0.2) is 27.5 Å². The largest absolute Gasteiger partial charge is 0.368 e. The van der Waals surface area contributed by atoms with Crippen molar-refractivity contribution in [1.29, 1.82) is 0 Å². The Balaban J connectivity index is 1.16. The number of likely N-dealkylation sites (tertiary alicyclic amines) is 1. The number of imidazole rings is 1. The number of aryl methyl sites for hydroxylation is 1. The van der Waals surface area contributed by atoms with Crippen LogP contribution in [0.1, 0.15) is 41.9 Å². The maximum absolute atomic E-state index is 15.7. The van der Waals surface area contributed by atoms with Gasteiger partial charge in [0.1, 0.15) is 11.8 Å². The maximum atomic E-state index is 15.7. The Bertz CT molecular complexity index is 1990. The molecule has 250 valence electrons. The molecule has 8 rings (SSSR count). The first-order chi connectivity index (χ1) is 23.1. The number of amides is 1. The summed E-state index contributed by atoms with van der Waals surface area (Å²) in [6, 6.07) is 7.90. The first-order valence-corrected chi connectivity index (χ1v) is 16.9. The molecule has 6 heterocycles. The number of aromatic nitrogens is 5. The molecule has 2 fully saturated rings. The topological polar surface area (TPSA) is 84.1 Å². The van der Waals surface area contributed by atoms with Crippen LogP contribution in [0.5, 0.6) is 0 Å². The van der Waals surface area contributed by atoms with Crippen molar-refractivity contribution in [1.82, 2.24) is 29.2 Å². The van der Waals surface area contributed by atoms with E-state index in [2.05, 4.69) is 32.0 Å². The number of alkyl halides is 4. The van der Waals surface area contributed by atoms with Gasteiger partial charge in [-0.05, 0) is 48.4 Å². The van der Waals surface area contributed by atoms with E-state index in [-0.39, 0.29) is 29.8 Å². The van der Waals surface area contributed by atoms with Gasteiger partial charge in [0.25, 0.3) is 12.3 Å². The summed E-state index contributed by atoms with van der Waals surface area (Å²) in [6.45, 7) is 6.99. The summed E-state index contributed by atoms with van der Waals surface area (Å²) in [7, 11) is 0. The van der Waals surface area contributed by atoms with Gasteiger partial charge in [-0.1, -0.05) is 19.1 Å². The summed E-state index contributed by atoms with van der Waals surface area (Å²) < 4.78 is 62.5. The molecule has 0 spiro atoms. The molecule has 3 aliphatic rings. The van der Waals surface area contributed by atoms with E-state index in [0.29, 0.717) is 52.8 Å². The molecule has 0 radical (unpaired) electrons. The van der Waals surface area contributed by atoms with Crippen molar-refractivity contribution in [3.8, 4) is 11.1 Å². The maximum Gasteiger partial charge on any atom is 0.264 e. The van der Waals surface area contributed by atoms with Crippen molar-refractivity contribution >= 4 is 39.0 Å². The molecule has 0 saturated carbocycles. The van der Waals surface area contributed by atoms with Crippen LogP contribution >= 0.6 is 11.3 Å². The predicted octanol–water partition coefficient (Wildman–Crippen LogP) is 6.20. The zero-order valence-electron chi connectivity index (χ0n) is 26.4. The zero-order valence-corrected chi connectivity index (χ0v) is 27.2. The number of hydrogen-bond donors (Lipinski definition) is 1. The van der Waals surface area contributed by atoms with Gasteiger partial charge in [-0.3, -0.25) is 19.7 Å². The van der Waals surface area contributed by atoms with Crippen molar-refractivity contribution in [3.63, 3.8) is 0 Å². The number of benzene rings is 2. The summed E-state index contributed by atoms with van der Waals surface area (Å²) in [5, 5.41) is 9.81. The lowest BCUT2D eigenvalue weighted by Crippen LogP contribution is -2.36. The summed E-state index contributed by atoms with van der Waals surface area (Å²) >= 11 is 1.23. The van der Waals surface area contributed by atoms with E-state index in [9.17, 15) is 18.0 Å². The molecule has 3 aromatic heterocycles. The molecule has 1 N–H and O–H groups in total. The molecule has 14 heteroatoms. The molecule has 2 aromatic carbocycles. The summed E-state index contributed by atoms with van der Waals surface area (Å²) in [5.41, 5.74) is 2.61. The van der Waals surface area contributed by atoms with Gasteiger partial charge in [-0.2, -0.15) is 5.10 Å². The quantitative estimate of drug-likeness (QED) is 0.197. The Kier molecular flexibility index (Phi) is 7.55. The molecule has 1 amide bonds. The number of carbonyl (C=O) groups excluding carboxylic acids is 1. The van der Waals surface area contributed by atoms with Crippen molar-refractivity contribution < 1.29 is 22.4 Å². The minimum Gasteiger partial charge on any atom is -0.368 e. The highest BCUT2D eigenvalue weighted by Gasteiger charge is 2.53. The average Bonchev–Trinajstić information content (AvgIpc) is 3.90. The van der Waals surface area contributed by atoms with Crippen LogP contribution in [0.2, 0.25) is 0 Å². The number of nitrogens with zero attached hydrogens (tertiary/aromatic N) is 7. The molecule has 3 aliphatic heterocycles. The smallest absolute Gasteiger partial charge is 0.264 e. The third kappa shape index (κ3) is 5.16. The van der Waals surface area contributed by atoms with Gasteiger partial charge >= 0.3 is 0 Å². The van der Waals surface area contributed by atoms with Crippen molar-refractivity contribution in [2.45, 2.75) is 51.1 Å². The average molecular weight is 679 g/mol. The number of fused-ring (bicyclic) bond motifs is 3. The molecular formula is C34H34F4N8OS. The fourth-order valence-electron chi connectivity index (χ4n) is 7.69. The number of thiazole rings is 1. The van der Waals surface area contributed by atoms with Crippen LogP contribution in [-0.2, 0) is 17.8 Å². The standard InChI is InChI=1S/C34H34F4N8OS/c1-3-43-12-21-13-44(17-34(21,38)16-43)23-6-4-20(5-7-23)24-11-25(31(36)37)26-15-46(42-28(26)19(24)2)30(32(47)41-33-39-8-9-48-33)29-27-10-22(35)14-45(27)18-40-29/h4-9,11,15,18,21-22,30-31H,3,10,12-14,16-17H2,1-2H3,(H,39,41,47)/t21-,22+,30?,34+/m0/s1. The van der Waals surface area contributed by atoms with Crippen LogP contribution in [0.3, 0.4) is 0 Å². The number of rotatable bonds is 8. The van der Waals surface area contributed by atoms with Crippen LogP contribution in [0.25, 0.3) is 22.0 Å². The summed E-state index contributed by atoms with van der Waals surface area (Å²) in [4.78, 5) is 26.6. The van der Waals surface area contributed by atoms with E-state index in [4.69, 9.17) is 5.10 Å². The Morgan fingerprint density at radius 1 is 1.15 bits per heavy atom. The van der Waals surface area contributed by atoms with Crippen molar-refractivity contribution in [2.24, 2.45) is 5.92 Å². The molecule has 48 heavy (non-hydrogen) atoms. The SMILES string of the molecule is CCN1C[C@H]2CN(c3ccc(-c4cc(C(F)F)c5cn(C(C(=O)Nc6nccs6)c6ncn7c6C[C@@H](F)C7)nc5c4C)cc3)C[C@]2(F)C1. The van der Waals surface area contributed by atoms with Gasteiger partial charge < -0.3 is 9.47 Å². The number of halogens is 4. The molecule has 4 atom stereocenters. The first kappa shape index (κ1) is 31.0. The third-order valence-electron chi connectivity index (χ3n) is 10.1. The van der Waals surface area contributed by atoms with E-state index in [1.807, 2.05) is 31.2 Å². The van der Waals surface area contributed by atoms with Crippen LogP contribution in [0, 0.1) is 12.8 Å². The second kappa shape index (κ2) is 11.7.